The van der Waals surface area contributed by atoms with E-state index in [-0.39, 0.29) is 23.3 Å². The molecule has 1 atom stereocenters. The minimum atomic E-state index is -0.325. The molecule has 0 bridgehead atoms. The Morgan fingerprint density at radius 3 is 2.55 bits per heavy atom. The Morgan fingerprint density at radius 1 is 1.13 bits per heavy atom. The van der Waals surface area contributed by atoms with Crippen LogP contribution in [-0.4, -0.2) is 58.4 Å². The van der Waals surface area contributed by atoms with Crippen LogP contribution in [0.1, 0.15) is 61.4 Å². The average molecular weight is 422 g/mol. The summed E-state index contributed by atoms with van der Waals surface area (Å²) in [5.74, 6) is 1.25. The monoisotopic (exact) mass is 421 g/mol. The molecule has 4 rings (SSSR count). The second-order valence-electron chi connectivity index (χ2n) is 8.53. The first kappa shape index (κ1) is 21.3. The number of ether oxygens (including phenoxy) is 1. The van der Waals surface area contributed by atoms with Gasteiger partial charge in [0.15, 0.2) is 0 Å². The Kier molecular flexibility index (Phi) is 6.25. The molecule has 0 radical (unpaired) electrons. The summed E-state index contributed by atoms with van der Waals surface area (Å²) in [7, 11) is 0. The van der Waals surface area contributed by atoms with E-state index >= 15 is 0 Å². The molecule has 2 amide bonds. The Labute approximate surface area is 184 Å². The van der Waals surface area contributed by atoms with Gasteiger partial charge >= 0.3 is 0 Å². The number of pyridine rings is 1. The molecule has 2 aliphatic rings. The number of para-hydroxylation sites is 1. The molecule has 0 aliphatic carbocycles. The van der Waals surface area contributed by atoms with E-state index in [1.807, 2.05) is 47.9 Å². The number of hydrogen-bond acceptors (Lipinski definition) is 4. The van der Waals surface area contributed by atoms with Gasteiger partial charge in [0.2, 0.25) is 5.91 Å². The standard InChI is InChI=1S/C25H31N3O3/c1-3-27(4-2)23(29)16-20-17-25(31-22-10-6-5-9-21(20)22)11-14-28(15-12-25)24(30)19-8-7-13-26-18-19/h5-10,13,18,20H,3-4,11-12,14-17H2,1-2H3/t20-/m1/s1. The van der Waals surface area contributed by atoms with Crippen molar-refractivity contribution >= 4 is 11.8 Å². The molecule has 1 spiro atoms. The van der Waals surface area contributed by atoms with Gasteiger partial charge in [0, 0.05) is 63.8 Å². The van der Waals surface area contributed by atoms with Crippen LogP contribution in [0.5, 0.6) is 5.75 Å². The summed E-state index contributed by atoms with van der Waals surface area (Å²) in [5.41, 5.74) is 1.42. The number of likely N-dealkylation sites (tertiary alicyclic amines) is 1. The number of benzene rings is 1. The lowest BCUT2D eigenvalue weighted by Gasteiger charge is -2.47. The van der Waals surface area contributed by atoms with Crippen LogP contribution in [0, 0.1) is 0 Å². The molecule has 0 unspecified atom stereocenters. The quantitative estimate of drug-likeness (QED) is 0.735. The molecule has 1 aromatic heterocycles. The van der Waals surface area contributed by atoms with E-state index in [0.717, 1.165) is 43.7 Å². The van der Waals surface area contributed by atoms with Crippen molar-refractivity contribution in [2.24, 2.45) is 0 Å². The van der Waals surface area contributed by atoms with Crippen molar-refractivity contribution in [3.8, 4) is 5.75 Å². The predicted molar refractivity (Wildman–Crippen MR) is 119 cm³/mol. The van der Waals surface area contributed by atoms with Crippen molar-refractivity contribution < 1.29 is 14.3 Å². The molecular formula is C25H31N3O3. The molecular weight excluding hydrogens is 390 g/mol. The highest BCUT2D eigenvalue weighted by molar-refractivity contribution is 5.93. The van der Waals surface area contributed by atoms with E-state index in [1.165, 1.54) is 0 Å². The van der Waals surface area contributed by atoms with Gasteiger partial charge in [-0.05, 0) is 44.0 Å². The Balaban J connectivity index is 1.50. The molecule has 6 heteroatoms. The predicted octanol–water partition coefficient (Wildman–Crippen LogP) is 3.88. The molecule has 1 fully saturated rings. The maximum absolute atomic E-state index is 12.9. The first-order chi connectivity index (χ1) is 15.0. The van der Waals surface area contributed by atoms with Gasteiger partial charge in [-0.15, -0.1) is 0 Å². The topological polar surface area (TPSA) is 62.7 Å². The molecule has 31 heavy (non-hydrogen) atoms. The molecule has 0 saturated carbocycles. The van der Waals surface area contributed by atoms with Crippen LogP contribution in [0.3, 0.4) is 0 Å². The van der Waals surface area contributed by atoms with Gasteiger partial charge in [-0.3, -0.25) is 14.6 Å². The van der Waals surface area contributed by atoms with Gasteiger partial charge in [-0.25, -0.2) is 0 Å². The number of hydrogen-bond donors (Lipinski definition) is 0. The number of carbonyl (C=O) groups excluding carboxylic acids is 2. The number of rotatable bonds is 5. The number of piperidine rings is 1. The van der Waals surface area contributed by atoms with E-state index in [4.69, 9.17) is 4.74 Å². The third-order valence-electron chi connectivity index (χ3n) is 6.71. The average Bonchev–Trinajstić information content (AvgIpc) is 2.80. The lowest BCUT2D eigenvalue weighted by atomic mass is 9.76. The molecule has 2 aliphatic heterocycles. The summed E-state index contributed by atoms with van der Waals surface area (Å²) in [5, 5.41) is 0. The largest absolute Gasteiger partial charge is 0.487 e. The highest BCUT2D eigenvalue weighted by Gasteiger charge is 2.44. The zero-order chi connectivity index (χ0) is 21.8. The normalized spacial score (nSPS) is 19.4. The molecule has 1 aromatic carbocycles. The van der Waals surface area contributed by atoms with Crippen LogP contribution in [0.4, 0.5) is 0 Å². The van der Waals surface area contributed by atoms with Crippen LogP contribution in [0.2, 0.25) is 0 Å². The highest BCUT2D eigenvalue weighted by atomic mass is 16.5. The van der Waals surface area contributed by atoms with Crippen molar-refractivity contribution in [1.29, 1.82) is 0 Å². The Bertz CT molecular complexity index is 919. The summed E-state index contributed by atoms with van der Waals surface area (Å²) in [6, 6.07) is 11.7. The van der Waals surface area contributed by atoms with Gasteiger partial charge in [-0.2, -0.15) is 0 Å². The van der Waals surface area contributed by atoms with Crippen LogP contribution in [-0.2, 0) is 4.79 Å². The zero-order valence-electron chi connectivity index (χ0n) is 18.4. The summed E-state index contributed by atoms with van der Waals surface area (Å²) < 4.78 is 6.54. The molecule has 1 saturated heterocycles. The third kappa shape index (κ3) is 4.43. The second kappa shape index (κ2) is 9.08. The van der Waals surface area contributed by atoms with Crippen LogP contribution < -0.4 is 4.74 Å². The minimum Gasteiger partial charge on any atom is -0.487 e. The van der Waals surface area contributed by atoms with E-state index < -0.39 is 0 Å². The number of fused-ring (bicyclic) bond motifs is 1. The van der Waals surface area contributed by atoms with Crippen LogP contribution >= 0.6 is 0 Å². The second-order valence-corrected chi connectivity index (χ2v) is 8.53. The first-order valence-electron chi connectivity index (χ1n) is 11.3. The molecule has 6 nitrogen and oxygen atoms in total. The molecule has 2 aromatic rings. The van der Waals surface area contributed by atoms with E-state index in [0.29, 0.717) is 25.1 Å². The van der Waals surface area contributed by atoms with Crippen molar-refractivity contribution in [1.82, 2.24) is 14.8 Å². The number of amides is 2. The van der Waals surface area contributed by atoms with Gasteiger partial charge in [-0.1, -0.05) is 18.2 Å². The first-order valence-corrected chi connectivity index (χ1v) is 11.3. The number of carbonyl (C=O) groups is 2. The SMILES string of the molecule is CCN(CC)C(=O)C[C@@H]1CC2(CCN(C(=O)c3cccnc3)CC2)Oc2ccccc21. The third-order valence-corrected chi connectivity index (χ3v) is 6.71. The van der Waals surface area contributed by atoms with Gasteiger partial charge in [0.25, 0.3) is 5.91 Å². The lowest BCUT2D eigenvalue weighted by molar-refractivity contribution is -0.131. The van der Waals surface area contributed by atoms with Gasteiger partial charge in [0.05, 0.1) is 5.56 Å². The van der Waals surface area contributed by atoms with Crippen molar-refractivity contribution in [3.63, 3.8) is 0 Å². The maximum atomic E-state index is 12.9. The van der Waals surface area contributed by atoms with Crippen molar-refractivity contribution in [3.05, 3.63) is 59.9 Å². The summed E-state index contributed by atoms with van der Waals surface area (Å²) >= 11 is 0. The fourth-order valence-corrected chi connectivity index (χ4v) is 4.94. The van der Waals surface area contributed by atoms with Crippen molar-refractivity contribution in [2.45, 2.75) is 51.0 Å². The number of nitrogens with zero attached hydrogens (tertiary/aromatic N) is 3. The highest BCUT2D eigenvalue weighted by Crippen LogP contribution is 2.46. The zero-order valence-corrected chi connectivity index (χ0v) is 18.4. The Morgan fingerprint density at radius 2 is 1.87 bits per heavy atom. The molecule has 0 N–H and O–H groups in total. The molecule has 164 valence electrons. The van der Waals surface area contributed by atoms with Gasteiger partial charge in [0.1, 0.15) is 11.4 Å². The maximum Gasteiger partial charge on any atom is 0.255 e. The van der Waals surface area contributed by atoms with Crippen molar-refractivity contribution in [2.75, 3.05) is 26.2 Å². The Hall–Kier alpha value is -2.89. The molecule has 3 heterocycles. The van der Waals surface area contributed by atoms with Crippen LogP contribution in [0.15, 0.2) is 48.8 Å². The number of aromatic nitrogens is 1. The minimum absolute atomic E-state index is 0.0208. The summed E-state index contributed by atoms with van der Waals surface area (Å²) in [4.78, 5) is 33.6. The fourth-order valence-electron chi connectivity index (χ4n) is 4.94. The van der Waals surface area contributed by atoms with E-state index in [1.54, 1.807) is 18.5 Å². The lowest BCUT2D eigenvalue weighted by Crippen LogP contribution is -2.52. The smallest absolute Gasteiger partial charge is 0.255 e. The van der Waals surface area contributed by atoms with Gasteiger partial charge < -0.3 is 14.5 Å². The van der Waals surface area contributed by atoms with E-state index in [9.17, 15) is 9.59 Å². The van der Waals surface area contributed by atoms with Crippen LogP contribution in [0.25, 0.3) is 0 Å². The summed E-state index contributed by atoms with van der Waals surface area (Å²) in [6.07, 6.45) is 6.14. The fraction of sp³-hybridized carbons (Fsp3) is 0.480. The summed E-state index contributed by atoms with van der Waals surface area (Å²) in [6.45, 7) is 6.80. The van der Waals surface area contributed by atoms with E-state index in [2.05, 4.69) is 11.1 Å².